The molecule has 1 aliphatic heterocycles. The molecule has 2 aromatic rings. The fourth-order valence-electron chi connectivity index (χ4n) is 3.00. The van der Waals surface area contributed by atoms with Gasteiger partial charge in [0.1, 0.15) is 16.4 Å². The van der Waals surface area contributed by atoms with Gasteiger partial charge in [-0.05, 0) is 42.8 Å². The first-order valence-electron chi connectivity index (χ1n) is 8.07. The molecule has 0 bridgehead atoms. The van der Waals surface area contributed by atoms with Crippen LogP contribution in [0.5, 0.6) is 11.5 Å². The summed E-state index contributed by atoms with van der Waals surface area (Å²) in [6, 6.07) is 9.64. The molecule has 1 aliphatic rings. The number of rotatable bonds is 6. The lowest BCUT2D eigenvalue weighted by Crippen LogP contribution is -2.25. The smallest absolute Gasteiger partial charge is 0.265 e. The van der Waals surface area contributed by atoms with E-state index in [1.807, 2.05) is 6.92 Å². The Labute approximate surface area is 152 Å². The molecule has 0 fully saturated rings. The number of carbonyl (C=O) groups excluding carboxylic acids is 1. The zero-order chi connectivity index (χ0) is 18.9. The number of nitrogens with zero attached hydrogens (tertiary/aromatic N) is 1. The second kappa shape index (κ2) is 6.87. The van der Waals surface area contributed by atoms with Crippen LogP contribution in [0.2, 0.25) is 0 Å². The molecule has 0 radical (unpaired) electrons. The lowest BCUT2D eigenvalue weighted by Gasteiger charge is -2.16. The molecule has 2 aromatic carbocycles. The van der Waals surface area contributed by atoms with Crippen LogP contribution in [0.4, 0.5) is 11.4 Å². The number of hydrogen-bond donors (Lipinski definition) is 1. The SMILES string of the molecule is CCN1C(=O)Cc2cc(NS(=O)(=O)c3cc(OC)ccc3OC)ccc21. The van der Waals surface area contributed by atoms with Gasteiger partial charge >= 0.3 is 0 Å². The maximum Gasteiger partial charge on any atom is 0.265 e. The van der Waals surface area contributed by atoms with E-state index in [2.05, 4.69) is 4.72 Å². The lowest BCUT2D eigenvalue weighted by atomic mass is 10.1. The molecule has 0 saturated heterocycles. The summed E-state index contributed by atoms with van der Waals surface area (Å²) >= 11 is 0. The lowest BCUT2D eigenvalue weighted by molar-refractivity contribution is -0.117. The summed E-state index contributed by atoms with van der Waals surface area (Å²) in [5.74, 6) is 0.632. The highest BCUT2D eigenvalue weighted by molar-refractivity contribution is 7.92. The summed E-state index contributed by atoms with van der Waals surface area (Å²) < 4.78 is 38.4. The average Bonchev–Trinajstić information content (AvgIpc) is 2.94. The van der Waals surface area contributed by atoms with Crippen LogP contribution in [0.1, 0.15) is 12.5 Å². The molecule has 1 heterocycles. The van der Waals surface area contributed by atoms with Crippen LogP contribution in [0.25, 0.3) is 0 Å². The Bertz CT molecular complexity index is 956. The molecule has 8 heteroatoms. The fraction of sp³-hybridized carbons (Fsp3) is 0.278. The van der Waals surface area contributed by atoms with Crippen LogP contribution in [0, 0.1) is 0 Å². The molecular formula is C18H20N2O5S. The largest absolute Gasteiger partial charge is 0.497 e. The van der Waals surface area contributed by atoms with E-state index in [9.17, 15) is 13.2 Å². The minimum Gasteiger partial charge on any atom is -0.497 e. The van der Waals surface area contributed by atoms with Crippen LogP contribution in [-0.4, -0.2) is 35.1 Å². The Morgan fingerprint density at radius 3 is 2.54 bits per heavy atom. The molecule has 7 nitrogen and oxygen atoms in total. The van der Waals surface area contributed by atoms with Gasteiger partial charge in [0, 0.05) is 24.0 Å². The third-order valence-electron chi connectivity index (χ3n) is 4.24. The van der Waals surface area contributed by atoms with Crippen molar-refractivity contribution in [2.45, 2.75) is 18.2 Å². The van der Waals surface area contributed by atoms with Gasteiger partial charge in [0.25, 0.3) is 10.0 Å². The van der Waals surface area contributed by atoms with Gasteiger partial charge in [-0.2, -0.15) is 0 Å². The number of fused-ring (bicyclic) bond motifs is 1. The number of methoxy groups -OCH3 is 2. The van der Waals surface area contributed by atoms with Crippen LogP contribution in [-0.2, 0) is 21.2 Å². The molecule has 0 unspecified atom stereocenters. The van der Waals surface area contributed by atoms with Crippen LogP contribution < -0.4 is 19.1 Å². The summed E-state index contributed by atoms with van der Waals surface area (Å²) in [5.41, 5.74) is 2.01. The van der Waals surface area contributed by atoms with E-state index >= 15 is 0 Å². The van der Waals surface area contributed by atoms with Gasteiger partial charge in [-0.1, -0.05) is 0 Å². The number of benzene rings is 2. The zero-order valence-corrected chi connectivity index (χ0v) is 15.6. The highest BCUT2D eigenvalue weighted by atomic mass is 32.2. The van der Waals surface area contributed by atoms with E-state index < -0.39 is 10.0 Å². The van der Waals surface area contributed by atoms with E-state index in [1.54, 1.807) is 29.2 Å². The van der Waals surface area contributed by atoms with Crippen LogP contribution >= 0.6 is 0 Å². The van der Waals surface area contributed by atoms with Crippen molar-refractivity contribution in [1.82, 2.24) is 0 Å². The molecule has 0 atom stereocenters. The van der Waals surface area contributed by atoms with Crippen molar-refractivity contribution in [1.29, 1.82) is 0 Å². The standard InChI is InChI=1S/C18H20N2O5S/c1-4-20-15-7-5-13(9-12(15)10-18(20)21)19-26(22,23)17-11-14(24-2)6-8-16(17)25-3/h5-9,11,19H,4,10H2,1-3H3. The third kappa shape index (κ3) is 3.20. The first-order valence-corrected chi connectivity index (χ1v) is 9.56. The Hall–Kier alpha value is -2.74. The number of carbonyl (C=O) groups is 1. The van der Waals surface area contributed by atoms with E-state index in [4.69, 9.17) is 9.47 Å². The maximum absolute atomic E-state index is 12.8. The number of nitrogens with one attached hydrogen (secondary N) is 1. The van der Waals surface area contributed by atoms with Gasteiger partial charge in [-0.15, -0.1) is 0 Å². The summed E-state index contributed by atoms with van der Waals surface area (Å²) in [7, 11) is -1.03. The first-order chi connectivity index (χ1) is 12.4. The maximum atomic E-state index is 12.8. The van der Waals surface area contributed by atoms with Crippen LogP contribution in [0.15, 0.2) is 41.3 Å². The number of amides is 1. The van der Waals surface area contributed by atoms with E-state index in [0.717, 1.165) is 11.3 Å². The monoisotopic (exact) mass is 376 g/mol. The highest BCUT2D eigenvalue weighted by Crippen LogP contribution is 2.33. The Balaban J connectivity index is 1.94. The van der Waals surface area contributed by atoms with E-state index in [0.29, 0.717) is 18.0 Å². The predicted molar refractivity (Wildman–Crippen MR) is 98.5 cm³/mol. The van der Waals surface area contributed by atoms with Crippen LogP contribution in [0.3, 0.4) is 0 Å². The third-order valence-corrected chi connectivity index (χ3v) is 5.64. The van der Waals surface area contributed by atoms with Crippen molar-refractivity contribution in [2.75, 3.05) is 30.4 Å². The molecule has 0 saturated carbocycles. The minimum atomic E-state index is -3.89. The molecule has 0 aromatic heterocycles. The van der Waals surface area contributed by atoms with Crippen molar-refractivity contribution in [3.05, 3.63) is 42.0 Å². The number of anilines is 2. The van der Waals surface area contributed by atoms with Crippen molar-refractivity contribution in [3.63, 3.8) is 0 Å². The Morgan fingerprint density at radius 1 is 1.12 bits per heavy atom. The number of ether oxygens (including phenoxy) is 2. The van der Waals surface area contributed by atoms with Crippen molar-refractivity contribution >= 4 is 27.3 Å². The molecule has 138 valence electrons. The minimum absolute atomic E-state index is 0.0111. The summed E-state index contributed by atoms with van der Waals surface area (Å²) in [5, 5.41) is 0. The number of sulfonamides is 1. The van der Waals surface area contributed by atoms with E-state index in [1.165, 1.54) is 26.4 Å². The van der Waals surface area contributed by atoms with Gasteiger partial charge < -0.3 is 14.4 Å². The molecular weight excluding hydrogens is 356 g/mol. The van der Waals surface area contributed by atoms with Crippen molar-refractivity contribution < 1.29 is 22.7 Å². The fourth-order valence-corrected chi connectivity index (χ4v) is 4.23. The number of likely N-dealkylation sites (N-methyl/N-ethyl adjacent to an activating group) is 1. The molecule has 0 spiro atoms. The normalized spacial score (nSPS) is 13.5. The zero-order valence-electron chi connectivity index (χ0n) is 14.8. The second-order valence-corrected chi connectivity index (χ2v) is 7.43. The van der Waals surface area contributed by atoms with Gasteiger partial charge in [-0.25, -0.2) is 8.42 Å². The van der Waals surface area contributed by atoms with E-state index in [-0.39, 0.29) is 23.0 Å². The summed E-state index contributed by atoms with van der Waals surface area (Å²) in [6.07, 6.45) is 0.265. The first kappa shape index (κ1) is 18.1. The topological polar surface area (TPSA) is 84.9 Å². The second-order valence-electron chi connectivity index (χ2n) is 5.78. The van der Waals surface area contributed by atoms with Gasteiger partial charge in [0.15, 0.2) is 0 Å². The van der Waals surface area contributed by atoms with Gasteiger partial charge in [0.2, 0.25) is 5.91 Å². The van der Waals surface area contributed by atoms with Gasteiger partial charge in [0.05, 0.1) is 20.6 Å². The van der Waals surface area contributed by atoms with Crippen molar-refractivity contribution in [3.8, 4) is 11.5 Å². The van der Waals surface area contributed by atoms with Gasteiger partial charge in [-0.3, -0.25) is 9.52 Å². The quantitative estimate of drug-likeness (QED) is 0.837. The van der Waals surface area contributed by atoms with Crippen molar-refractivity contribution in [2.24, 2.45) is 0 Å². The number of hydrogen-bond acceptors (Lipinski definition) is 5. The Kier molecular flexibility index (Phi) is 4.78. The molecule has 0 aliphatic carbocycles. The molecule has 26 heavy (non-hydrogen) atoms. The Morgan fingerprint density at radius 2 is 1.88 bits per heavy atom. The molecule has 3 rings (SSSR count). The summed E-state index contributed by atoms with van der Waals surface area (Å²) in [6.45, 7) is 2.48. The summed E-state index contributed by atoms with van der Waals surface area (Å²) in [4.78, 5) is 13.6. The molecule has 1 N–H and O–H groups in total. The highest BCUT2D eigenvalue weighted by Gasteiger charge is 2.27. The predicted octanol–water partition coefficient (Wildman–Crippen LogP) is 2.41. The average molecular weight is 376 g/mol. The molecule has 1 amide bonds.